The summed E-state index contributed by atoms with van der Waals surface area (Å²) in [5.41, 5.74) is 8.27. The second kappa shape index (κ2) is 5.79. The molecule has 2 aromatic rings. The second-order valence-electron chi connectivity index (χ2n) is 5.01. The largest absolute Gasteiger partial charge is 0.324 e. The van der Waals surface area contributed by atoms with Gasteiger partial charge in [0.2, 0.25) is 5.91 Å². The molecule has 0 saturated heterocycles. The van der Waals surface area contributed by atoms with E-state index in [1.165, 1.54) is 11.0 Å². The molecule has 106 valence electrons. The summed E-state index contributed by atoms with van der Waals surface area (Å²) in [4.78, 5) is 12.0. The molecule has 3 N–H and O–H groups in total. The molecule has 0 fully saturated rings. The van der Waals surface area contributed by atoms with Crippen LogP contribution in [-0.4, -0.2) is 32.2 Å². The third kappa shape index (κ3) is 3.00. The van der Waals surface area contributed by atoms with Crippen molar-refractivity contribution in [2.24, 2.45) is 11.7 Å². The fraction of sp³-hybridized carbons (Fsp3) is 0.385. The number of nitrogens with two attached hydrogens (primary N) is 1. The zero-order valence-electron chi connectivity index (χ0n) is 11.7. The number of carbonyl (C=O) groups is 1. The number of nitrogens with one attached hydrogen (secondary N) is 1. The van der Waals surface area contributed by atoms with Gasteiger partial charge in [0.1, 0.15) is 6.33 Å². The molecule has 7 nitrogen and oxygen atoms in total. The van der Waals surface area contributed by atoms with Crippen molar-refractivity contribution in [3.05, 3.63) is 30.1 Å². The van der Waals surface area contributed by atoms with E-state index in [4.69, 9.17) is 5.73 Å². The first-order valence-electron chi connectivity index (χ1n) is 6.39. The Balaban J connectivity index is 2.24. The average Bonchev–Trinajstić information content (AvgIpc) is 2.94. The molecule has 0 spiro atoms. The highest BCUT2D eigenvalue weighted by atomic mass is 16.2. The number of tetrazole rings is 1. The van der Waals surface area contributed by atoms with Gasteiger partial charge in [-0.15, -0.1) is 5.10 Å². The number of amides is 1. The van der Waals surface area contributed by atoms with Crippen LogP contribution in [0.15, 0.2) is 24.5 Å². The number of aryl methyl sites for hydroxylation is 1. The van der Waals surface area contributed by atoms with Crippen molar-refractivity contribution in [2.45, 2.75) is 26.8 Å². The van der Waals surface area contributed by atoms with Crippen LogP contribution in [0.4, 0.5) is 5.69 Å². The first-order valence-corrected chi connectivity index (χ1v) is 6.39. The van der Waals surface area contributed by atoms with Crippen LogP contribution < -0.4 is 11.1 Å². The van der Waals surface area contributed by atoms with Crippen molar-refractivity contribution in [1.29, 1.82) is 0 Å². The molecule has 1 heterocycles. The molecular formula is C13H18N6O. The number of carbonyl (C=O) groups excluding carboxylic acids is 1. The van der Waals surface area contributed by atoms with Crippen molar-refractivity contribution in [2.75, 3.05) is 5.32 Å². The third-order valence-corrected chi connectivity index (χ3v) is 3.11. The van der Waals surface area contributed by atoms with Crippen LogP contribution in [0.2, 0.25) is 0 Å². The molecule has 0 saturated carbocycles. The minimum atomic E-state index is -0.536. The van der Waals surface area contributed by atoms with Crippen LogP contribution in [0, 0.1) is 12.8 Å². The van der Waals surface area contributed by atoms with Crippen LogP contribution in [0.5, 0.6) is 0 Å². The number of benzene rings is 1. The number of anilines is 1. The van der Waals surface area contributed by atoms with E-state index >= 15 is 0 Å². The van der Waals surface area contributed by atoms with Crippen LogP contribution in [0.25, 0.3) is 5.69 Å². The van der Waals surface area contributed by atoms with Crippen LogP contribution in [0.3, 0.4) is 0 Å². The van der Waals surface area contributed by atoms with Gasteiger partial charge in [0, 0.05) is 5.69 Å². The Morgan fingerprint density at radius 3 is 2.75 bits per heavy atom. The number of nitrogens with zero attached hydrogens (tertiary/aromatic N) is 4. The summed E-state index contributed by atoms with van der Waals surface area (Å²) in [6.45, 7) is 5.74. The molecule has 0 aliphatic heterocycles. The summed E-state index contributed by atoms with van der Waals surface area (Å²) < 4.78 is 1.53. The van der Waals surface area contributed by atoms with Crippen LogP contribution in [0.1, 0.15) is 19.4 Å². The first kappa shape index (κ1) is 14.1. The summed E-state index contributed by atoms with van der Waals surface area (Å²) in [5.74, 6) is -0.116. The van der Waals surface area contributed by atoms with Crippen molar-refractivity contribution in [3.8, 4) is 5.69 Å². The molecule has 20 heavy (non-hydrogen) atoms. The Morgan fingerprint density at radius 1 is 1.40 bits per heavy atom. The van der Waals surface area contributed by atoms with Gasteiger partial charge in [-0.2, -0.15) is 0 Å². The summed E-state index contributed by atoms with van der Waals surface area (Å²) in [6, 6.07) is 5.06. The molecule has 1 amide bonds. The van der Waals surface area contributed by atoms with Gasteiger partial charge in [-0.1, -0.05) is 19.9 Å². The summed E-state index contributed by atoms with van der Waals surface area (Å²) in [7, 11) is 0. The van der Waals surface area contributed by atoms with Gasteiger partial charge >= 0.3 is 0 Å². The van der Waals surface area contributed by atoms with Crippen LogP contribution in [-0.2, 0) is 4.79 Å². The Labute approximate surface area is 117 Å². The highest BCUT2D eigenvalue weighted by Gasteiger charge is 2.18. The fourth-order valence-corrected chi connectivity index (χ4v) is 1.69. The molecule has 2 rings (SSSR count). The monoisotopic (exact) mass is 274 g/mol. The zero-order valence-corrected chi connectivity index (χ0v) is 11.7. The predicted octanol–water partition coefficient (Wildman–Crippen LogP) is 0.893. The molecule has 0 aliphatic rings. The Bertz CT molecular complexity index is 593. The maximum Gasteiger partial charge on any atom is 0.241 e. The molecule has 7 heteroatoms. The van der Waals surface area contributed by atoms with E-state index in [9.17, 15) is 4.79 Å². The van der Waals surface area contributed by atoms with E-state index in [1.807, 2.05) is 39.0 Å². The maximum absolute atomic E-state index is 12.0. The van der Waals surface area contributed by atoms with Gasteiger partial charge in [-0.3, -0.25) is 4.79 Å². The van der Waals surface area contributed by atoms with Crippen molar-refractivity contribution >= 4 is 11.6 Å². The van der Waals surface area contributed by atoms with E-state index in [1.54, 1.807) is 0 Å². The third-order valence-electron chi connectivity index (χ3n) is 3.11. The van der Waals surface area contributed by atoms with E-state index in [0.717, 1.165) is 11.3 Å². The van der Waals surface area contributed by atoms with Crippen molar-refractivity contribution < 1.29 is 4.79 Å². The SMILES string of the molecule is Cc1ccc(-n2cnnn2)cc1NC(=O)[C@@H](N)C(C)C. The molecule has 1 aromatic carbocycles. The average molecular weight is 274 g/mol. The smallest absolute Gasteiger partial charge is 0.241 e. The molecule has 1 atom stereocenters. The molecule has 0 bridgehead atoms. The highest BCUT2D eigenvalue weighted by molar-refractivity contribution is 5.95. The lowest BCUT2D eigenvalue weighted by Gasteiger charge is -2.17. The molecule has 0 unspecified atom stereocenters. The predicted molar refractivity (Wildman–Crippen MR) is 75.3 cm³/mol. The van der Waals surface area contributed by atoms with Gasteiger partial charge in [0.15, 0.2) is 0 Å². The normalized spacial score (nSPS) is 12.4. The lowest BCUT2D eigenvalue weighted by molar-refractivity contribution is -0.118. The van der Waals surface area contributed by atoms with Crippen molar-refractivity contribution in [1.82, 2.24) is 20.2 Å². The summed E-state index contributed by atoms with van der Waals surface area (Å²) in [5, 5.41) is 13.8. The van der Waals surface area contributed by atoms with E-state index in [-0.39, 0.29) is 11.8 Å². The van der Waals surface area contributed by atoms with Gasteiger partial charge < -0.3 is 11.1 Å². The molecule has 0 aliphatic carbocycles. The Hall–Kier alpha value is -2.28. The van der Waals surface area contributed by atoms with Gasteiger partial charge in [0.25, 0.3) is 0 Å². The number of aromatic nitrogens is 4. The van der Waals surface area contributed by atoms with E-state index < -0.39 is 6.04 Å². The maximum atomic E-state index is 12.0. The van der Waals surface area contributed by atoms with E-state index in [0.29, 0.717) is 5.69 Å². The zero-order chi connectivity index (χ0) is 14.7. The lowest BCUT2D eigenvalue weighted by Crippen LogP contribution is -2.39. The summed E-state index contributed by atoms with van der Waals surface area (Å²) >= 11 is 0. The van der Waals surface area contributed by atoms with Gasteiger partial charge in [0.05, 0.1) is 11.7 Å². The van der Waals surface area contributed by atoms with Crippen molar-refractivity contribution in [3.63, 3.8) is 0 Å². The number of hydrogen-bond donors (Lipinski definition) is 2. The van der Waals surface area contributed by atoms with Gasteiger partial charge in [-0.25, -0.2) is 4.68 Å². The molecule has 0 radical (unpaired) electrons. The Kier molecular flexibility index (Phi) is 4.09. The summed E-state index contributed by atoms with van der Waals surface area (Å²) in [6.07, 6.45) is 1.50. The topological polar surface area (TPSA) is 98.7 Å². The fourth-order valence-electron chi connectivity index (χ4n) is 1.69. The Morgan fingerprint density at radius 2 is 2.15 bits per heavy atom. The number of hydrogen-bond acceptors (Lipinski definition) is 5. The van der Waals surface area contributed by atoms with E-state index in [2.05, 4.69) is 20.8 Å². The number of rotatable bonds is 4. The minimum Gasteiger partial charge on any atom is -0.324 e. The second-order valence-corrected chi connectivity index (χ2v) is 5.01. The van der Waals surface area contributed by atoms with Gasteiger partial charge in [-0.05, 0) is 41.0 Å². The quantitative estimate of drug-likeness (QED) is 0.862. The minimum absolute atomic E-state index is 0.0815. The standard InChI is InChI=1S/C13H18N6O/c1-8(2)12(14)13(20)16-11-6-10(5-4-9(11)3)19-7-15-17-18-19/h4-8,12H,14H2,1-3H3,(H,16,20)/t12-/m0/s1. The first-order chi connectivity index (χ1) is 9.49. The lowest BCUT2D eigenvalue weighted by atomic mass is 10.0. The highest BCUT2D eigenvalue weighted by Crippen LogP contribution is 2.19. The molecule has 1 aromatic heterocycles. The molecular weight excluding hydrogens is 256 g/mol. The van der Waals surface area contributed by atoms with Crippen LogP contribution >= 0.6 is 0 Å².